The lowest BCUT2D eigenvalue weighted by atomic mass is 10.1. The van der Waals surface area contributed by atoms with Gasteiger partial charge in [-0.1, -0.05) is 86.3 Å². The largest absolute Gasteiger partial charge is 0.444 e. The molecular weight excluding hydrogens is 560 g/mol. The van der Waals surface area contributed by atoms with Crippen molar-refractivity contribution in [1.29, 1.82) is 0 Å². The van der Waals surface area contributed by atoms with Crippen LogP contribution >= 0.6 is 0 Å². The number of amides is 4. The molecule has 0 aromatic heterocycles. The Bertz CT molecular complexity index is 1080. The van der Waals surface area contributed by atoms with E-state index in [1.807, 2.05) is 36.4 Å². The highest BCUT2D eigenvalue weighted by atomic mass is 16.6. The molecule has 4 N–H and O–H groups in total. The van der Waals surface area contributed by atoms with Crippen LogP contribution in [-0.4, -0.2) is 48.3 Å². The molecule has 0 spiro atoms. The molecule has 2 aromatic carbocycles. The molecule has 0 heterocycles. The van der Waals surface area contributed by atoms with E-state index in [0.717, 1.165) is 38.5 Å². The maximum Gasteiger partial charge on any atom is 0.408 e. The van der Waals surface area contributed by atoms with E-state index in [9.17, 15) is 19.2 Å². The van der Waals surface area contributed by atoms with Crippen LogP contribution in [0, 0.1) is 0 Å². The average molecular weight is 611 g/mol. The number of nitrogens with one attached hydrogen (secondary N) is 4. The van der Waals surface area contributed by atoms with Crippen LogP contribution in [0.4, 0.5) is 9.59 Å². The van der Waals surface area contributed by atoms with Gasteiger partial charge in [-0.15, -0.1) is 0 Å². The molecule has 0 bridgehead atoms. The van der Waals surface area contributed by atoms with Gasteiger partial charge in [-0.2, -0.15) is 0 Å². The molecule has 2 unspecified atom stereocenters. The molecule has 0 saturated carbocycles. The van der Waals surface area contributed by atoms with Crippen LogP contribution in [0.15, 0.2) is 60.7 Å². The van der Waals surface area contributed by atoms with E-state index in [4.69, 9.17) is 9.47 Å². The maximum atomic E-state index is 12.9. The van der Waals surface area contributed by atoms with Crippen molar-refractivity contribution in [2.24, 2.45) is 0 Å². The Kier molecular flexibility index (Phi) is 14.7. The van der Waals surface area contributed by atoms with E-state index in [1.54, 1.807) is 65.8 Å². The van der Waals surface area contributed by atoms with Crippen molar-refractivity contribution in [2.75, 3.05) is 13.1 Å². The second kappa shape index (κ2) is 17.9. The molecule has 242 valence electrons. The minimum Gasteiger partial charge on any atom is -0.444 e. The first-order chi connectivity index (χ1) is 20.7. The SMILES string of the molecule is CC(C)(C)OC(=O)NC(C(=O)NCCCCCCCCNC(=O)C(NC(=O)OC(C)(C)C)c1ccccc1)c1ccccc1. The van der Waals surface area contributed by atoms with Gasteiger partial charge in [-0.05, 0) is 65.5 Å². The third-order valence-electron chi connectivity index (χ3n) is 6.31. The Labute approximate surface area is 262 Å². The highest BCUT2D eigenvalue weighted by Gasteiger charge is 2.26. The minimum atomic E-state index is -0.845. The van der Waals surface area contributed by atoms with Crippen molar-refractivity contribution in [3.63, 3.8) is 0 Å². The molecule has 2 aromatic rings. The lowest BCUT2D eigenvalue weighted by Crippen LogP contribution is -2.42. The Morgan fingerprint density at radius 3 is 1.18 bits per heavy atom. The third kappa shape index (κ3) is 14.9. The number of rotatable bonds is 15. The van der Waals surface area contributed by atoms with Gasteiger partial charge in [0.1, 0.15) is 23.3 Å². The first kappa shape index (κ1) is 36.1. The van der Waals surface area contributed by atoms with E-state index >= 15 is 0 Å². The van der Waals surface area contributed by atoms with E-state index in [2.05, 4.69) is 21.3 Å². The van der Waals surface area contributed by atoms with Crippen molar-refractivity contribution in [2.45, 2.75) is 103 Å². The molecule has 0 aliphatic heterocycles. The normalized spacial score (nSPS) is 12.8. The summed E-state index contributed by atoms with van der Waals surface area (Å²) in [5.74, 6) is -0.569. The first-order valence-electron chi connectivity index (χ1n) is 15.4. The van der Waals surface area contributed by atoms with Crippen LogP contribution in [0.5, 0.6) is 0 Å². The number of hydrogen-bond donors (Lipinski definition) is 4. The van der Waals surface area contributed by atoms with Crippen molar-refractivity contribution < 1.29 is 28.7 Å². The second-order valence-corrected chi connectivity index (χ2v) is 12.7. The van der Waals surface area contributed by atoms with Gasteiger partial charge in [-0.25, -0.2) is 9.59 Å². The van der Waals surface area contributed by atoms with Crippen LogP contribution in [0.3, 0.4) is 0 Å². The van der Waals surface area contributed by atoms with E-state index in [0.29, 0.717) is 24.2 Å². The molecule has 0 aliphatic carbocycles. The van der Waals surface area contributed by atoms with Gasteiger partial charge in [0.25, 0.3) is 0 Å². The Balaban J connectivity index is 1.68. The number of ether oxygens (including phenoxy) is 2. The van der Waals surface area contributed by atoms with Crippen LogP contribution < -0.4 is 21.3 Å². The Hall–Kier alpha value is -4.08. The molecule has 10 nitrogen and oxygen atoms in total. The fraction of sp³-hybridized carbons (Fsp3) is 0.529. The molecule has 0 fully saturated rings. The zero-order valence-corrected chi connectivity index (χ0v) is 27.0. The van der Waals surface area contributed by atoms with Crippen LogP contribution in [0.25, 0.3) is 0 Å². The van der Waals surface area contributed by atoms with Crippen molar-refractivity contribution in [3.05, 3.63) is 71.8 Å². The van der Waals surface area contributed by atoms with Gasteiger partial charge < -0.3 is 30.7 Å². The molecule has 0 radical (unpaired) electrons. The Morgan fingerprint density at radius 1 is 0.545 bits per heavy atom. The number of carbonyl (C=O) groups excluding carboxylic acids is 4. The second-order valence-electron chi connectivity index (χ2n) is 12.7. The average Bonchev–Trinajstić information content (AvgIpc) is 2.94. The van der Waals surface area contributed by atoms with Gasteiger partial charge in [0.15, 0.2) is 0 Å². The number of alkyl carbamates (subject to hydrolysis) is 2. The summed E-state index contributed by atoms with van der Waals surface area (Å²) in [5, 5.41) is 11.2. The molecule has 0 saturated heterocycles. The fourth-order valence-corrected chi connectivity index (χ4v) is 4.33. The Morgan fingerprint density at radius 2 is 0.864 bits per heavy atom. The summed E-state index contributed by atoms with van der Waals surface area (Å²) in [5.41, 5.74) is 0.0193. The standard InChI is InChI=1S/C34H50N4O6/c1-33(2,3)43-31(41)37-27(25-19-13-11-14-20-25)29(39)35-23-17-9-7-8-10-18-24-36-30(40)28(26-21-15-12-16-22-26)38-32(42)44-34(4,5)6/h11-16,19-22,27-28H,7-10,17-18,23-24H2,1-6H3,(H,35,39)(H,36,40)(H,37,41)(H,38,42). The van der Waals surface area contributed by atoms with Crippen LogP contribution in [0.1, 0.15) is 103 Å². The molecular formula is C34H50N4O6. The third-order valence-corrected chi connectivity index (χ3v) is 6.31. The van der Waals surface area contributed by atoms with Crippen molar-refractivity contribution in [3.8, 4) is 0 Å². The first-order valence-corrected chi connectivity index (χ1v) is 15.4. The summed E-state index contributed by atoms with van der Waals surface area (Å²) >= 11 is 0. The quantitative estimate of drug-likeness (QED) is 0.180. The van der Waals surface area contributed by atoms with Crippen molar-refractivity contribution in [1.82, 2.24) is 21.3 Å². The van der Waals surface area contributed by atoms with Crippen LogP contribution in [0.2, 0.25) is 0 Å². The maximum absolute atomic E-state index is 12.9. The highest BCUT2D eigenvalue weighted by molar-refractivity contribution is 5.87. The minimum absolute atomic E-state index is 0.284. The lowest BCUT2D eigenvalue weighted by Gasteiger charge is -2.23. The predicted molar refractivity (Wildman–Crippen MR) is 171 cm³/mol. The lowest BCUT2D eigenvalue weighted by molar-refractivity contribution is -0.124. The van der Waals surface area contributed by atoms with E-state index in [1.165, 1.54) is 0 Å². The number of hydrogen-bond acceptors (Lipinski definition) is 6. The molecule has 2 atom stereocenters. The molecule has 44 heavy (non-hydrogen) atoms. The number of carbonyl (C=O) groups is 4. The molecule has 4 amide bonds. The monoisotopic (exact) mass is 610 g/mol. The zero-order valence-electron chi connectivity index (χ0n) is 27.0. The fourth-order valence-electron chi connectivity index (χ4n) is 4.33. The van der Waals surface area contributed by atoms with E-state index < -0.39 is 35.5 Å². The van der Waals surface area contributed by atoms with Crippen molar-refractivity contribution >= 4 is 24.0 Å². The van der Waals surface area contributed by atoms with Crippen LogP contribution in [-0.2, 0) is 19.1 Å². The number of benzene rings is 2. The summed E-state index contributed by atoms with van der Waals surface area (Å²) in [4.78, 5) is 50.5. The smallest absolute Gasteiger partial charge is 0.408 e. The zero-order chi connectivity index (χ0) is 32.6. The number of unbranched alkanes of at least 4 members (excludes halogenated alkanes) is 5. The summed E-state index contributed by atoms with van der Waals surface area (Å²) in [6, 6.07) is 16.5. The molecule has 2 rings (SSSR count). The summed E-state index contributed by atoms with van der Waals surface area (Å²) in [6.45, 7) is 11.6. The highest BCUT2D eigenvalue weighted by Crippen LogP contribution is 2.17. The topological polar surface area (TPSA) is 135 Å². The van der Waals surface area contributed by atoms with Gasteiger partial charge in [-0.3, -0.25) is 9.59 Å². The summed E-state index contributed by atoms with van der Waals surface area (Å²) in [6.07, 6.45) is 4.21. The van der Waals surface area contributed by atoms with Gasteiger partial charge in [0.05, 0.1) is 0 Å². The van der Waals surface area contributed by atoms with E-state index in [-0.39, 0.29) is 11.8 Å². The predicted octanol–water partition coefficient (Wildman–Crippen LogP) is 6.09. The molecule has 10 heteroatoms. The summed E-state index contributed by atoms with van der Waals surface area (Å²) in [7, 11) is 0. The molecule has 0 aliphatic rings. The van der Waals surface area contributed by atoms with Gasteiger partial charge in [0, 0.05) is 13.1 Å². The van der Waals surface area contributed by atoms with Gasteiger partial charge >= 0.3 is 12.2 Å². The van der Waals surface area contributed by atoms with Gasteiger partial charge in [0.2, 0.25) is 11.8 Å². The summed E-state index contributed by atoms with van der Waals surface area (Å²) < 4.78 is 10.7.